The van der Waals surface area contributed by atoms with Crippen molar-refractivity contribution in [2.24, 2.45) is 0 Å². The molecule has 4 fully saturated rings. The van der Waals surface area contributed by atoms with Gasteiger partial charge >= 0.3 is 24.2 Å². The number of likely N-dealkylation sites (N-methyl/N-ethyl adjacent to an activating group) is 3. The van der Waals surface area contributed by atoms with Crippen molar-refractivity contribution in [3.05, 3.63) is 24.5 Å². The molecule has 7 rings (SSSR count). The summed E-state index contributed by atoms with van der Waals surface area (Å²) in [5.74, 6) is 1.02. The third-order valence-corrected chi connectivity index (χ3v) is 16.5. The summed E-state index contributed by atoms with van der Waals surface area (Å²) in [6.07, 6.45) is 5.13. The van der Waals surface area contributed by atoms with Gasteiger partial charge < -0.3 is 65.2 Å². The largest absolute Gasteiger partial charge is 0.480 e. The Morgan fingerprint density at radius 1 is 0.570 bits per heavy atom. The average Bonchev–Trinajstić information content (AvgIpc) is 1.86. The second kappa shape index (κ2) is 36.4. The topological polar surface area (TPSA) is 299 Å². The van der Waals surface area contributed by atoms with Gasteiger partial charge in [-0.3, -0.25) is 24.3 Å². The van der Waals surface area contributed by atoms with Gasteiger partial charge in [-0.25, -0.2) is 44.1 Å². The first-order valence-electron chi connectivity index (χ1n) is 33.3. The minimum Gasteiger partial charge on any atom is -0.480 e. The van der Waals surface area contributed by atoms with Crippen molar-refractivity contribution in [3.63, 3.8) is 0 Å². The molecule has 4 aliphatic heterocycles. The molecule has 27 nitrogen and oxygen atoms in total. The number of fused-ring (bicyclic) bond motifs is 1. The number of nitrogens with zero attached hydrogens (tertiary/aromatic N) is 12. The van der Waals surface area contributed by atoms with E-state index in [9.17, 15) is 28.8 Å². The zero-order valence-electron chi connectivity index (χ0n) is 61.1. The number of hydrogen-bond donors (Lipinski definition) is 6. The number of anilines is 1. The van der Waals surface area contributed by atoms with Crippen molar-refractivity contribution in [2.45, 2.75) is 261 Å². The quantitative estimate of drug-likeness (QED) is 0.0958. The zero-order chi connectivity index (χ0) is 70.6. The fraction of sp³-hybridized carbons (Fsp3) is 0.773. The summed E-state index contributed by atoms with van der Waals surface area (Å²) in [6.45, 7) is 50.1. The van der Waals surface area contributed by atoms with Crippen LogP contribution in [0.5, 0.6) is 0 Å². The minimum atomic E-state index is -1.06. The molecule has 4 saturated heterocycles. The normalized spacial score (nSPS) is 23.3. The van der Waals surface area contributed by atoms with E-state index >= 15 is 0 Å². The number of aryl methyl sites for hydroxylation is 2. The van der Waals surface area contributed by atoms with Crippen molar-refractivity contribution in [1.29, 1.82) is 0 Å². The van der Waals surface area contributed by atoms with E-state index in [4.69, 9.17) is 24.3 Å². The zero-order valence-corrected chi connectivity index (χ0v) is 61.1. The molecular formula is C66H119N17O10. The van der Waals surface area contributed by atoms with E-state index in [1.807, 2.05) is 62.8 Å². The molecule has 7 heterocycles. The van der Waals surface area contributed by atoms with Crippen LogP contribution < -0.4 is 26.6 Å². The summed E-state index contributed by atoms with van der Waals surface area (Å²) in [5, 5.41) is 23.7. The summed E-state index contributed by atoms with van der Waals surface area (Å²) >= 11 is 0. The van der Waals surface area contributed by atoms with E-state index in [1.54, 1.807) is 65.8 Å². The van der Waals surface area contributed by atoms with E-state index < -0.39 is 47.0 Å². The molecule has 5 amide bonds. The van der Waals surface area contributed by atoms with Crippen LogP contribution in [0, 0.1) is 6.92 Å². The maximum atomic E-state index is 13.4. The van der Waals surface area contributed by atoms with Crippen LogP contribution in [0.25, 0.3) is 22.6 Å². The lowest BCUT2D eigenvalue weighted by molar-refractivity contribution is -0.139. The number of rotatable bonds is 12. The number of hydrogen-bond acceptors (Lipinski definition) is 20. The molecule has 0 spiro atoms. The molecule has 528 valence electrons. The summed E-state index contributed by atoms with van der Waals surface area (Å²) in [7, 11) is 6.38. The fourth-order valence-corrected chi connectivity index (χ4v) is 10.8. The van der Waals surface area contributed by atoms with Crippen LogP contribution in [-0.4, -0.2) is 257 Å². The molecule has 0 radical (unpaired) electrons. The molecule has 11 atom stereocenters. The Bertz CT molecular complexity index is 2800. The summed E-state index contributed by atoms with van der Waals surface area (Å²) in [6, 6.07) is 1.54. The van der Waals surface area contributed by atoms with Gasteiger partial charge in [0.15, 0.2) is 17.0 Å². The number of piperazine rings is 4. The third kappa shape index (κ3) is 26.3. The van der Waals surface area contributed by atoms with Crippen molar-refractivity contribution < 1.29 is 48.1 Å². The van der Waals surface area contributed by atoms with Gasteiger partial charge in [-0.2, -0.15) is 0 Å². The number of carboxylic acid groups (broad SMARTS) is 1. The number of aliphatic carboxylic acids is 1. The van der Waals surface area contributed by atoms with Crippen LogP contribution in [0.15, 0.2) is 18.7 Å². The highest BCUT2D eigenvalue weighted by molar-refractivity contribution is 5.91. The molecule has 0 aromatic carbocycles. The number of carboxylic acids is 1. The van der Waals surface area contributed by atoms with E-state index in [0.717, 1.165) is 56.3 Å². The maximum absolute atomic E-state index is 13.4. The number of aromatic nitrogens is 6. The lowest BCUT2D eigenvalue weighted by atomic mass is 10.1. The van der Waals surface area contributed by atoms with Crippen molar-refractivity contribution in [1.82, 2.24) is 80.2 Å². The van der Waals surface area contributed by atoms with Gasteiger partial charge in [-0.05, 0) is 172 Å². The van der Waals surface area contributed by atoms with Gasteiger partial charge in [0.05, 0.1) is 5.56 Å². The SMILES string of the molecule is CC[C@H](NC(=O)OC(C)(C)C)C(=O)N1C[C@@H](C)N(C)[C@@H](C)C1.CC[C@H](NC(=O)OC(C)(C)C)C(=O)O.CC[C@H](Nc1ncnc2c1nc(-c1cnc(C)nc1)n2CC)C(=O)N1C[C@@H](C)N(C)[C@@H](C)C1.C[C@@H]1CN(C(=O)OC(C)(C)C)C[C@H](C)N1.C[C@@H]1CNC[C@H](C)N1C. The molecular weight excluding hydrogens is 1190 g/mol. The number of imidazole rings is 1. The van der Waals surface area contributed by atoms with Crippen LogP contribution in [0.2, 0.25) is 0 Å². The average molecular weight is 1310 g/mol. The Labute approximate surface area is 555 Å². The summed E-state index contributed by atoms with van der Waals surface area (Å²) < 4.78 is 17.5. The predicted octanol–water partition coefficient (Wildman–Crippen LogP) is 7.47. The van der Waals surface area contributed by atoms with Crippen molar-refractivity contribution >= 4 is 53.0 Å². The molecule has 0 bridgehead atoms. The van der Waals surface area contributed by atoms with Crippen LogP contribution in [-0.2, 0) is 35.1 Å². The summed E-state index contributed by atoms with van der Waals surface area (Å²) in [5.41, 5.74) is 0.586. The number of nitrogens with one attached hydrogen (secondary N) is 5. The Hall–Kier alpha value is -6.55. The lowest BCUT2D eigenvalue weighted by Crippen LogP contribution is -2.60. The molecule has 3 aromatic rings. The Morgan fingerprint density at radius 2 is 0.978 bits per heavy atom. The van der Waals surface area contributed by atoms with Gasteiger partial charge in [0.25, 0.3) is 0 Å². The molecule has 93 heavy (non-hydrogen) atoms. The molecule has 27 heteroatoms. The van der Waals surface area contributed by atoms with Gasteiger partial charge in [0.2, 0.25) is 11.8 Å². The molecule has 6 N–H and O–H groups in total. The highest BCUT2D eigenvalue weighted by atomic mass is 16.6. The fourth-order valence-electron chi connectivity index (χ4n) is 10.8. The minimum absolute atomic E-state index is 0.0276. The Morgan fingerprint density at radius 3 is 1.37 bits per heavy atom. The van der Waals surface area contributed by atoms with Gasteiger partial charge in [-0.15, -0.1) is 0 Å². The van der Waals surface area contributed by atoms with E-state index in [-0.39, 0.29) is 23.9 Å². The number of ether oxygens (including phenoxy) is 3. The number of alkyl carbamates (subject to hydrolysis) is 2. The monoisotopic (exact) mass is 1310 g/mol. The Kier molecular flexibility index (Phi) is 31.6. The standard InChI is InChI=1S/C23H33N9O.C16H31N3O3.C11H22N2O2.C9H17NO4.C7H16N2/c1-7-18(23(33)31-11-14(3)30(6)15(4)12-31)28-20-19-22(27-13-26-20)32(8-2)21(29-19)17-9-24-16(5)25-10-17;1-8-13(17-15(21)22-16(4,5)6)14(20)19-9-11(2)18(7)12(3)10-19;1-8-6-13(7-9(2)12-8)10(14)15-11(3,4)5;1-5-6(7(11)12)10-8(13)14-9(2,3)4;1-6-4-8-5-7(2)9(6)3/h9-10,13-15,18H,7-8,11-12H2,1-6H3,(H,26,27,28);11-13H,8-10H2,1-7H3,(H,17,21);8-9,12H,6-7H2,1-5H3;6H,5H2,1-4H3,(H,10,13)(H,11,12);6-8H,4-5H2,1-3H3/t14-,15+,18-;11-,12+,13-;8-,9+;6-;6-,7+/m00.0./s1. The van der Waals surface area contributed by atoms with E-state index in [1.165, 1.54) is 6.33 Å². The highest BCUT2D eigenvalue weighted by Gasteiger charge is 2.36. The summed E-state index contributed by atoms with van der Waals surface area (Å²) in [4.78, 5) is 106. The predicted molar refractivity (Wildman–Crippen MR) is 365 cm³/mol. The number of carbonyl (C=O) groups excluding carboxylic acids is 5. The number of amides is 5. The highest BCUT2D eigenvalue weighted by Crippen LogP contribution is 2.28. The number of carbonyl (C=O) groups is 6. The van der Waals surface area contributed by atoms with Crippen molar-refractivity contribution in [2.75, 3.05) is 78.8 Å². The third-order valence-electron chi connectivity index (χ3n) is 16.5. The second-order valence-electron chi connectivity index (χ2n) is 28.3. The maximum Gasteiger partial charge on any atom is 0.410 e. The van der Waals surface area contributed by atoms with E-state index in [0.29, 0.717) is 104 Å². The Balaban J connectivity index is 0.000000326. The van der Waals surface area contributed by atoms with E-state index in [2.05, 4.69) is 138 Å². The van der Waals surface area contributed by atoms with Gasteiger partial charge in [-0.1, -0.05) is 20.8 Å². The first-order chi connectivity index (χ1) is 43.1. The van der Waals surface area contributed by atoms with Gasteiger partial charge in [0, 0.05) is 120 Å². The van der Waals surface area contributed by atoms with Crippen LogP contribution >= 0.6 is 0 Å². The van der Waals surface area contributed by atoms with Crippen molar-refractivity contribution in [3.8, 4) is 11.4 Å². The van der Waals surface area contributed by atoms with Crippen LogP contribution in [0.1, 0.15) is 170 Å². The molecule has 4 aliphatic rings. The second-order valence-corrected chi connectivity index (χ2v) is 28.3. The molecule has 0 aliphatic carbocycles. The molecule has 0 unspecified atom stereocenters. The van der Waals surface area contributed by atoms with Crippen LogP contribution in [0.3, 0.4) is 0 Å². The van der Waals surface area contributed by atoms with Crippen LogP contribution in [0.4, 0.5) is 20.2 Å². The lowest BCUT2D eigenvalue weighted by Gasteiger charge is -2.43. The molecule has 0 saturated carbocycles. The molecule has 3 aromatic heterocycles. The first kappa shape index (κ1) is 80.7. The first-order valence-corrected chi connectivity index (χ1v) is 33.3. The smallest absolute Gasteiger partial charge is 0.410 e. The van der Waals surface area contributed by atoms with Gasteiger partial charge in [0.1, 0.15) is 52.9 Å².